The third kappa shape index (κ3) is 3.81. The molecule has 3 nitrogen and oxygen atoms in total. The molecule has 2 aromatic rings. The molecule has 0 atom stereocenters. The maximum Gasteiger partial charge on any atom is 0.240 e. The van der Waals surface area contributed by atoms with Crippen LogP contribution in [-0.4, -0.2) is 8.42 Å². The van der Waals surface area contributed by atoms with E-state index < -0.39 is 15.8 Å². The molecule has 0 saturated heterocycles. The Kier molecular flexibility index (Phi) is 4.66. The molecular weight excluding hydrogens is 313 g/mol. The van der Waals surface area contributed by atoms with Crippen LogP contribution in [0.2, 0.25) is 5.02 Å². The van der Waals surface area contributed by atoms with Crippen LogP contribution in [0.4, 0.5) is 4.39 Å². The number of aryl methyl sites for hydroxylation is 2. The van der Waals surface area contributed by atoms with Gasteiger partial charge in [0.1, 0.15) is 5.82 Å². The molecule has 2 aromatic carbocycles. The molecule has 0 unspecified atom stereocenters. The van der Waals surface area contributed by atoms with Gasteiger partial charge in [-0.05, 0) is 54.8 Å². The Balaban J connectivity index is 2.21. The van der Waals surface area contributed by atoms with Gasteiger partial charge in [-0.1, -0.05) is 23.7 Å². The number of rotatable bonds is 4. The number of benzene rings is 2. The van der Waals surface area contributed by atoms with Crippen LogP contribution in [0.25, 0.3) is 0 Å². The van der Waals surface area contributed by atoms with Crippen molar-refractivity contribution < 1.29 is 12.8 Å². The van der Waals surface area contributed by atoms with Crippen LogP contribution < -0.4 is 4.72 Å². The Bertz CT molecular complexity index is 775. The highest BCUT2D eigenvalue weighted by Gasteiger charge is 2.15. The fraction of sp³-hybridized carbons (Fsp3) is 0.200. The first-order valence-corrected chi connectivity index (χ1v) is 8.16. The molecule has 0 aromatic heterocycles. The first-order chi connectivity index (χ1) is 9.79. The molecule has 0 fully saturated rings. The fourth-order valence-electron chi connectivity index (χ4n) is 1.83. The number of nitrogens with one attached hydrogen (secondary N) is 1. The van der Waals surface area contributed by atoms with E-state index in [9.17, 15) is 12.8 Å². The highest BCUT2D eigenvalue weighted by molar-refractivity contribution is 7.89. The summed E-state index contributed by atoms with van der Waals surface area (Å²) in [6.07, 6.45) is 0. The van der Waals surface area contributed by atoms with E-state index in [4.69, 9.17) is 11.6 Å². The second-order valence-corrected chi connectivity index (χ2v) is 6.98. The summed E-state index contributed by atoms with van der Waals surface area (Å²) >= 11 is 5.94. The van der Waals surface area contributed by atoms with Gasteiger partial charge in [0.05, 0.1) is 4.90 Å². The summed E-state index contributed by atoms with van der Waals surface area (Å²) in [5.74, 6) is -0.395. The molecule has 0 saturated carbocycles. The smallest absolute Gasteiger partial charge is 0.207 e. The van der Waals surface area contributed by atoms with Crippen LogP contribution in [0.15, 0.2) is 41.3 Å². The van der Waals surface area contributed by atoms with E-state index in [2.05, 4.69) is 4.72 Å². The quantitative estimate of drug-likeness (QED) is 0.933. The minimum atomic E-state index is -3.68. The van der Waals surface area contributed by atoms with Gasteiger partial charge in [0.15, 0.2) is 0 Å². The molecule has 0 radical (unpaired) electrons. The van der Waals surface area contributed by atoms with Crippen LogP contribution in [0, 0.1) is 19.7 Å². The minimum absolute atomic E-state index is 0.0252. The molecule has 0 bridgehead atoms. The minimum Gasteiger partial charge on any atom is -0.207 e. The number of sulfonamides is 1. The zero-order valence-corrected chi connectivity index (χ0v) is 13.2. The molecule has 0 aliphatic rings. The highest BCUT2D eigenvalue weighted by atomic mass is 35.5. The van der Waals surface area contributed by atoms with E-state index in [0.29, 0.717) is 10.6 Å². The van der Waals surface area contributed by atoms with Crippen molar-refractivity contribution in [2.75, 3.05) is 0 Å². The summed E-state index contributed by atoms with van der Waals surface area (Å²) in [5, 5.41) is 0.389. The van der Waals surface area contributed by atoms with Crippen LogP contribution in [0.5, 0.6) is 0 Å². The van der Waals surface area contributed by atoms with E-state index in [1.165, 1.54) is 24.3 Å². The molecule has 1 N–H and O–H groups in total. The van der Waals surface area contributed by atoms with Crippen LogP contribution >= 0.6 is 11.6 Å². The predicted octanol–water partition coefficient (Wildman–Crippen LogP) is 3.57. The van der Waals surface area contributed by atoms with Crippen molar-refractivity contribution in [1.82, 2.24) is 4.72 Å². The SMILES string of the molecule is Cc1ccc(S(=O)(=O)NCc2cc(F)ccc2C)cc1Cl. The third-order valence-electron chi connectivity index (χ3n) is 3.22. The number of halogens is 2. The van der Waals surface area contributed by atoms with Crippen molar-refractivity contribution in [3.05, 3.63) is 63.9 Å². The highest BCUT2D eigenvalue weighted by Crippen LogP contribution is 2.20. The summed E-state index contributed by atoms with van der Waals surface area (Å²) in [4.78, 5) is 0.0900. The normalized spacial score (nSPS) is 11.6. The summed E-state index contributed by atoms with van der Waals surface area (Å²) in [6.45, 7) is 3.62. The molecular formula is C15H15ClFNO2S. The lowest BCUT2D eigenvalue weighted by atomic mass is 10.1. The Morgan fingerprint density at radius 2 is 1.76 bits per heavy atom. The van der Waals surface area contributed by atoms with Gasteiger partial charge in [0.2, 0.25) is 10.0 Å². The lowest BCUT2D eigenvalue weighted by Crippen LogP contribution is -2.23. The van der Waals surface area contributed by atoms with Crippen molar-refractivity contribution in [3.63, 3.8) is 0 Å². The Hall–Kier alpha value is -1.43. The zero-order valence-electron chi connectivity index (χ0n) is 11.7. The lowest BCUT2D eigenvalue weighted by molar-refractivity contribution is 0.580. The summed E-state index contributed by atoms with van der Waals surface area (Å²) < 4.78 is 40.0. The second kappa shape index (κ2) is 6.13. The van der Waals surface area contributed by atoms with E-state index in [1.54, 1.807) is 26.0 Å². The van der Waals surface area contributed by atoms with E-state index >= 15 is 0 Å². The third-order valence-corrected chi connectivity index (χ3v) is 5.02. The maximum atomic E-state index is 13.2. The molecule has 0 spiro atoms. The van der Waals surface area contributed by atoms with Crippen molar-refractivity contribution >= 4 is 21.6 Å². The Morgan fingerprint density at radius 3 is 2.43 bits per heavy atom. The molecule has 0 amide bonds. The molecule has 21 heavy (non-hydrogen) atoms. The second-order valence-electron chi connectivity index (χ2n) is 4.81. The average molecular weight is 328 g/mol. The number of hydrogen-bond donors (Lipinski definition) is 1. The van der Waals surface area contributed by atoms with E-state index in [0.717, 1.165) is 11.1 Å². The largest absolute Gasteiger partial charge is 0.240 e. The van der Waals surface area contributed by atoms with Crippen LogP contribution in [0.3, 0.4) is 0 Å². The van der Waals surface area contributed by atoms with Crippen molar-refractivity contribution in [2.24, 2.45) is 0 Å². The lowest BCUT2D eigenvalue weighted by Gasteiger charge is -2.10. The molecule has 0 aliphatic carbocycles. The Labute approximate surface area is 128 Å². The fourth-order valence-corrected chi connectivity index (χ4v) is 3.10. The number of hydrogen-bond acceptors (Lipinski definition) is 2. The standard InChI is InChI=1S/C15H15ClFNO2S/c1-10-3-5-13(17)7-12(10)9-18-21(19,20)14-6-4-11(2)15(16)8-14/h3-8,18H,9H2,1-2H3. The topological polar surface area (TPSA) is 46.2 Å². The monoisotopic (exact) mass is 327 g/mol. The summed E-state index contributed by atoms with van der Waals surface area (Å²) in [5.41, 5.74) is 2.22. The van der Waals surface area contributed by atoms with Crippen LogP contribution in [0.1, 0.15) is 16.7 Å². The Morgan fingerprint density at radius 1 is 1.10 bits per heavy atom. The van der Waals surface area contributed by atoms with Gasteiger partial charge in [0.25, 0.3) is 0 Å². The molecule has 0 aliphatic heterocycles. The molecule has 6 heteroatoms. The van der Waals surface area contributed by atoms with E-state index in [1.807, 2.05) is 0 Å². The van der Waals surface area contributed by atoms with Crippen molar-refractivity contribution in [3.8, 4) is 0 Å². The predicted molar refractivity (Wildman–Crippen MR) is 81.4 cm³/mol. The van der Waals surface area contributed by atoms with Gasteiger partial charge in [-0.2, -0.15) is 0 Å². The van der Waals surface area contributed by atoms with Gasteiger partial charge < -0.3 is 0 Å². The van der Waals surface area contributed by atoms with Gasteiger partial charge in [-0.25, -0.2) is 17.5 Å². The van der Waals surface area contributed by atoms with Crippen LogP contribution in [-0.2, 0) is 16.6 Å². The molecule has 112 valence electrons. The summed E-state index contributed by atoms with van der Waals surface area (Å²) in [7, 11) is -3.68. The van der Waals surface area contributed by atoms with Crippen molar-refractivity contribution in [2.45, 2.75) is 25.3 Å². The summed E-state index contributed by atoms with van der Waals surface area (Å²) in [6, 6.07) is 8.80. The average Bonchev–Trinajstić information content (AvgIpc) is 2.43. The van der Waals surface area contributed by atoms with Gasteiger partial charge in [-0.3, -0.25) is 0 Å². The first-order valence-electron chi connectivity index (χ1n) is 6.30. The van der Waals surface area contributed by atoms with E-state index in [-0.39, 0.29) is 11.4 Å². The zero-order chi connectivity index (χ0) is 15.6. The van der Waals surface area contributed by atoms with Gasteiger partial charge in [0, 0.05) is 11.6 Å². The first kappa shape index (κ1) is 15.9. The van der Waals surface area contributed by atoms with Gasteiger partial charge >= 0.3 is 0 Å². The molecule has 2 rings (SSSR count). The maximum absolute atomic E-state index is 13.2. The van der Waals surface area contributed by atoms with Gasteiger partial charge in [-0.15, -0.1) is 0 Å². The van der Waals surface area contributed by atoms with Crippen molar-refractivity contribution in [1.29, 1.82) is 0 Å². The molecule has 0 heterocycles.